The number of oxazole rings is 1. The number of rotatable bonds is 2. The van der Waals surface area contributed by atoms with Crippen molar-refractivity contribution in [3.8, 4) is 11.5 Å². The molecule has 1 saturated heterocycles. The Hall–Kier alpha value is -3.02. The van der Waals surface area contributed by atoms with Crippen LogP contribution in [0.1, 0.15) is 35.0 Å². The number of para-hydroxylation sites is 3. The van der Waals surface area contributed by atoms with E-state index in [1.165, 1.54) is 0 Å². The molecule has 2 aromatic carbocycles. The minimum absolute atomic E-state index is 0.00614. The van der Waals surface area contributed by atoms with Crippen LogP contribution < -0.4 is 9.47 Å². The standard InChI is InChI=1S/C21H20N2O4/c24-21(15-4-3-7-18-19(15)26-13-12-25-18)23-10-8-14(9-11-23)20-22-16-5-1-2-6-17(16)27-20/h1-7,14H,8-13H2. The lowest BCUT2D eigenvalue weighted by molar-refractivity contribution is 0.0696. The Morgan fingerprint density at radius 3 is 2.67 bits per heavy atom. The third-order valence-electron chi connectivity index (χ3n) is 5.24. The number of hydrogen-bond acceptors (Lipinski definition) is 5. The molecule has 3 aromatic rings. The molecule has 2 aliphatic rings. The number of piperidine rings is 1. The third-order valence-corrected chi connectivity index (χ3v) is 5.24. The van der Waals surface area contributed by atoms with Gasteiger partial charge in [0.05, 0.1) is 5.56 Å². The molecule has 0 radical (unpaired) electrons. The van der Waals surface area contributed by atoms with Gasteiger partial charge in [-0.15, -0.1) is 0 Å². The average Bonchev–Trinajstić information content (AvgIpc) is 3.17. The van der Waals surface area contributed by atoms with Gasteiger partial charge in [-0.1, -0.05) is 18.2 Å². The smallest absolute Gasteiger partial charge is 0.257 e. The highest BCUT2D eigenvalue weighted by atomic mass is 16.6. The molecule has 0 atom stereocenters. The normalized spacial score (nSPS) is 17.3. The molecule has 0 aliphatic carbocycles. The second-order valence-electron chi connectivity index (χ2n) is 6.92. The van der Waals surface area contributed by atoms with Crippen LogP contribution in [0.2, 0.25) is 0 Å². The molecule has 138 valence electrons. The zero-order chi connectivity index (χ0) is 18.2. The van der Waals surface area contributed by atoms with Gasteiger partial charge < -0.3 is 18.8 Å². The lowest BCUT2D eigenvalue weighted by Gasteiger charge is -2.31. The van der Waals surface area contributed by atoms with Gasteiger partial charge in [-0.2, -0.15) is 0 Å². The molecule has 5 rings (SSSR count). The van der Waals surface area contributed by atoms with Crippen molar-refractivity contribution in [2.75, 3.05) is 26.3 Å². The van der Waals surface area contributed by atoms with Crippen molar-refractivity contribution in [2.45, 2.75) is 18.8 Å². The molecule has 0 spiro atoms. The van der Waals surface area contributed by atoms with Crippen LogP contribution in [0.25, 0.3) is 11.1 Å². The molecule has 2 aliphatic heterocycles. The van der Waals surface area contributed by atoms with Gasteiger partial charge in [-0.05, 0) is 37.1 Å². The minimum Gasteiger partial charge on any atom is -0.486 e. The van der Waals surface area contributed by atoms with Crippen molar-refractivity contribution in [3.63, 3.8) is 0 Å². The van der Waals surface area contributed by atoms with Gasteiger partial charge in [0.25, 0.3) is 5.91 Å². The Bertz CT molecular complexity index is 956. The summed E-state index contributed by atoms with van der Waals surface area (Å²) in [6.45, 7) is 2.33. The van der Waals surface area contributed by atoms with Gasteiger partial charge >= 0.3 is 0 Å². The summed E-state index contributed by atoms with van der Waals surface area (Å²) in [5.74, 6) is 2.22. The van der Waals surface area contributed by atoms with E-state index in [0.717, 1.165) is 29.8 Å². The fourth-order valence-corrected chi connectivity index (χ4v) is 3.81. The zero-order valence-corrected chi connectivity index (χ0v) is 14.9. The van der Waals surface area contributed by atoms with Crippen LogP contribution in [0.15, 0.2) is 46.9 Å². The van der Waals surface area contributed by atoms with E-state index in [1.807, 2.05) is 47.4 Å². The van der Waals surface area contributed by atoms with Crippen LogP contribution in [0, 0.1) is 0 Å². The summed E-state index contributed by atoms with van der Waals surface area (Å²) in [7, 11) is 0. The maximum Gasteiger partial charge on any atom is 0.257 e. The Balaban J connectivity index is 1.31. The first kappa shape index (κ1) is 16.2. The number of likely N-dealkylation sites (tertiary alicyclic amines) is 1. The van der Waals surface area contributed by atoms with E-state index < -0.39 is 0 Å². The van der Waals surface area contributed by atoms with Crippen LogP contribution in [-0.2, 0) is 0 Å². The molecular weight excluding hydrogens is 344 g/mol. The molecule has 0 bridgehead atoms. The van der Waals surface area contributed by atoms with Crippen molar-refractivity contribution in [2.24, 2.45) is 0 Å². The Labute approximate surface area is 156 Å². The van der Waals surface area contributed by atoms with Gasteiger partial charge in [0.15, 0.2) is 23.0 Å². The SMILES string of the molecule is O=C(c1cccc2c1OCCO2)N1CCC(c2nc3ccccc3o2)CC1. The van der Waals surface area contributed by atoms with E-state index in [0.29, 0.717) is 43.4 Å². The van der Waals surface area contributed by atoms with Crippen LogP contribution in [0.5, 0.6) is 11.5 Å². The van der Waals surface area contributed by atoms with Crippen molar-refractivity contribution in [1.82, 2.24) is 9.88 Å². The molecule has 0 saturated carbocycles. The first-order valence-corrected chi connectivity index (χ1v) is 9.33. The van der Waals surface area contributed by atoms with Crippen LogP contribution in [-0.4, -0.2) is 42.1 Å². The van der Waals surface area contributed by atoms with Gasteiger partial charge in [-0.3, -0.25) is 4.79 Å². The Morgan fingerprint density at radius 2 is 1.81 bits per heavy atom. The molecule has 6 heteroatoms. The van der Waals surface area contributed by atoms with E-state index in [2.05, 4.69) is 4.98 Å². The summed E-state index contributed by atoms with van der Waals surface area (Å²) < 4.78 is 17.2. The Kier molecular flexibility index (Phi) is 3.96. The van der Waals surface area contributed by atoms with Crippen molar-refractivity contribution >= 4 is 17.0 Å². The van der Waals surface area contributed by atoms with E-state index in [1.54, 1.807) is 0 Å². The van der Waals surface area contributed by atoms with Crippen LogP contribution in [0.3, 0.4) is 0 Å². The predicted molar refractivity (Wildman–Crippen MR) is 99.3 cm³/mol. The van der Waals surface area contributed by atoms with E-state index in [9.17, 15) is 4.79 Å². The Morgan fingerprint density at radius 1 is 1.00 bits per heavy atom. The predicted octanol–water partition coefficient (Wildman–Crippen LogP) is 3.62. The molecule has 3 heterocycles. The molecule has 1 fully saturated rings. The number of hydrogen-bond donors (Lipinski definition) is 0. The number of nitrogens with zero attached hydrogens (tertiary/aromatic N) is 2. The third kappa shape index (κ3) is 2.91. The maximum absolute atomic E-state index is 13.0. The van der Waals surface area contributed by atoms with Crippen LogP contribution >= 0.6 is 0 Å². The second-order valence-corrected chi connectivity index (χ2v) is 6.92. The van der Waals surface area contributed by atoms with Gasteiger partial charge in [0.2, 0.25) is 0 Å². The van der Waals surface area contributed by atoms with Crippen molar-refractivity contribution in [3.05, 3.63) is 53.9 Å². The maximum atomic E-state index is 13.0. The molecule has 1 aromatic heterocycles. The lowest BCUT2D eigenvalue weighted by Crippen LogP contribution is -2.38. The zero-order valence-electron chi connectivity index (χ0n) is 14.9. The first-order chi connectivity index (χ1) is 13.3. The molecule has 6 nitrogen and oxygen atoms in total. The second kappa shape index (κ2) is 6.61. The summed E-state index contributed by atoms with van der Waals surface area (Å²) in [6.07, 6.45) is 1.68. The van der Waals surface area contributed by atoms with E-state index >= 15 is 0 Å². The average molecular weight is 364 g/mol. The lowest BCUT2D eigenvalue weighted by atomic mass is 9.96. The minimum atomic E-state index is -0.00614. The summed E-state index contributed by atoms with van der Waals surface area (Å²) in [6, 6.07) is 13.3. The number of amides is 1. The molecule has 27 heavy (non-hydrogen) atoms. The quantitative estimate of drug-likeness (QED) is 0.695. The van der Waals surface area contributed by atoms with Gasteiger partial charge in [0.1, 0.15) is 18.7 Å². The van der Waals surface area contributed by atoms with Crippen molar-refractivity contribution in [1.29, 1.82) is 0 Å². The van der Waals surface area contributed by atoms with E-state index in [-0.39, 0.29) is 11.8 Å². The van der Waals surface area contributed by atoms with Crippen LogP contribution in [0.4, 0.5) is 0 Å². The summed E-state index contributed by atoms with van der Waals surface area (Å²) in [4.78, 5) is 19.5. The van der Waals surface area contributed by atoms with Crippen molar-refractivity contribution < 1.29 is 18.7 Å². The monoisotopic (exact) mass is 364 g/mol. The topological polar surface area (TPSA) is 64.8 Å². The molecule has 0 N–H and O–H groups in total. The highest BCUT2D eigenvalue weighted by Crippen LogP contribution is 2.36. The highest BCUT2D eigenvalue weighted by molar-refractivity contribution is 5.98. The highest BCUT2D eigenvalue weighted by Gasteiger charge is 2.30. The number of carbonyl (C=O) groups excluding carboxylic acids is 1. The number of aromatic nitrogens is 1. The fourth-order valence-electron chi connectivity index (χ4n) is 3.81. The first-order valence-electron chi connectivity index (χ1n) is 9.33. The fraction of sp³-hybridized carbons (Fsp3) is 0.333. The number of ether oxygens (including phenoxy) is 2. The van der Waals surface area contributed by atoms with Gasteiger partial charge in [0, 0.05) is 19.0 Å². The molecule has 1 amide bonds. The molecular formula is C21H20N2O4. The van der Waals surface area contributed by atoms with E-state index in [4.69, 9.17) is 13.9 Å². The summed E-state index contributed by atoms with van der Waals surface area (Å²) >= 11 is 0. The number of fused-ring (bicyclic) bond motifs is 2. The summed E-state index contributed by atoms with van der Waals surface area (Å²) in [5.41, 5.74) is 2.28. The summed E-state index contributed by atoms with van der Waals surface area (Å²) in [5, 5.41) is 0. The number of carbonyl (C=O) groups is 1. The number of benzene rings is 2. The largest absolute Gasteiger partial charge is 0.486 e. The molecule has 0 unspecified atom stereocenters. The van der Waals surface area contributed by atoms with Gasteiger partial charge in [-0.25, -0.2) is 4.98 Å².